The highest BCUT2D eigenvalue weighted by molar-refractivity contribution is 7.99. The van der Waals surface area contributed by atoms with E-state index in [2.05, 4.69) is 47.6 Å². The number of nitrogens with two attached hydrogens (primary N) is 1. The van der Waals surface area contributed by atoms with E-state index in [9.17, 15) is 4.79 Å². The summed E-state index contributed by atoms with van der Waals surface area (Å²) in [6.45, 7) is 8.44. The highest BCUT2D eigenvalue weighted by Crippen LogP contribution is 2.35. The number of nitrogen functional groups attached to an aromatic ring is 1. The summed E-state index contributed by atoms with van der Waals surface area (Å²) >= 11 is 1.66. The number of rotatable bonds is 3. The molecule has 5 nitrogen and oxygen atoms in total. The lowest BCUT2D eigenvalue weighted by Gasteiger charge is -2.25. The lowest BCUT2D eigenvalue weighted by molar-refractivity contribution is 0.0949. The molecule has 0 atom stereocenters. The highest BCUT2D eigenvalue weighted by Gasteiger charge is 2.22. The summed E-state index contributed by atoms with van der Waals surface area (Å²) in [6.07, 6.45) is 2.04. The minimum absolute atomic E-state index is 0.0925. The van der Waals surface area contributed by atoms with Gasteiger partial charge in [0.1, 0.15) is 5.69 Å². The number of fused-ring (bicyclic) bond motifs is 1. The van der Waals surface area contributed by atoms with E-state index in [-0.39, 0.29) is 11.3 Å². The first-order chi connectivity index (χ1) is 10.7. The van der Waals surface area contributed by atoms with Crippen LogP contribution in [-0.2, 0) is 5.41 Å². The Balaban J connectivity index is 2.85. The van der Waals surface area contributed by atoms with E-state index in [4.69, 9.17) is 5.84 Å². The Morgan fingerprint density at radius 2 is 1.96 bits per heavy atom. The molecule has 0 bridgehead atoms. The van der Waals surface area contributed by atoms with E-state index in [1.165, 1.54) is 0 Å². The third-order valence-electron chi connectivity index (χ3n) is 3.91. The number of carbonyl (C=O) groups is 1. The topological polar surface area (TPSA) is 71.2 Å². The van der Waals surface area contributed by atoms with Crippen LogP contribution in [0.15, 0.2) is 18.2 Å². The predicted octanol–water partition coefficient (Wildman–Crippen LogP) is 3.16. The Labute approximate surface area is 141 Å². The number of hydrogen-bond donors (Lipinski definition) is 2. The molecule has 1 aromatic carbocycles. The first-order valence-electron chi connectivity index (χ1n) is 7.43. The van der Waals surface area contributed by atoms with Crippen LogP contribution in [0.2, 0.25) is 0 Å². The van der Waals surface area contributed by atoms with Crippen molar-refractivity contribution in [3.63, 3.8) is 0 Å². The maximum Gasteiger partial charge on any atom is 0.283 e. The molecule has 0 spiro atoms. The predicted molar refractivity (Wildman–Crippen MR) is 98.8 cm³/mol. The summed E-state index contributed by atoms with van der Waals surface area (Å²) in [5.41, 5.74) is 6.50. The summed E-state index contributed by atoms with van der Waals surface area (Å²) in [7, 11) is 2.04. The van der Waals surface area contributed by atoms with E-state index in [0.29, 0.717) is 5.69 Å². The molecule has 1 heterocycles. The molecule has 2 rings (SSSR count). The van der Waals surface area contributed by atoms with Crippen molar-refractivity contribution in [3.05, 3.63) is 35.0 Å². The van der Waals surface area contributed by atoms with Gasteiger partial charge in [-0.05, 0) is 41.7 Å². The molecule has 0 fully saturated rings. The van der Waals surface area contributed by atoms with E-state index in [1.54, 1.807) is 18.0 Å². The first kappa shape index (κ1) is 17.6. The van der Waals surface area contributed by atoms with Crippen molar-refractivity contribution in [2.24, 2.45) is 5.84 Å². The van der Waals surface area contributed by atoms with Crippen molar-refractivity contribution < 1.29 is 4.79 Å². The Morgan fingerprint density at radius 1 is 1.30 bits per heavy atom. The van der Waals surface area contributed by atoms with Gasteiger partial charge in [0.25, 0.3) is 5.91 Å². The average molecular weight is 332 g/mol. The van der Waals surface area contributed by atoms with Crippen LogP contribution in [0.4, 0.5) is 5.69 Å². The van der Waals surface area contributed by atoms with Crippen LogP contribution in [-0.4, -0.2) is 24.2 Å². The molecule has 0 aliphatic heterocycles. The molecule has 1 aromatic heterocycles. The van der Waals surface area contributed by atoms with Crippen LogP contribution in [0.25, 0.3) is 10.9 Å². The second-order valence-corrected chi connectivity index (χ2v) is 7.53. The molecule has 0 saturated carbocycles. The number of pyridine rings is 1. The van der Waals surface area contributed by atoms with Gasteiger partial charge in [-0.1, -0.05) is 32.7 Å². The van der Waals surface area contributed by atoms with Gasteiger partial charge >= 0.3 is 0 Å². The number of hydrazine groups is 1. The van der Waals surface area contributed by atoms with Gasteiger partial charge in [-0.15, -0.1) is 0 Å². The molecule has 6 heteroatoms. The second-order valence-electron chi connectivity index (χ2n) is 6.62. The molecule has 2 aromatic rings. The third-order valence-corrected chi connectivity index (χ3v) is 4.67. The third kappa shape index (κ3) is 3.43. The fraction of sp³-hybridized carbons (Fsp3) is 0.412. The SMILES string of the molecule is CSN(C)c1cc(C(C)(C)C)c2nc(C(=O)NN)cc(C)c2c1. The Kier molecular flexibility index (Phi) is 4.87. The Bertz CT molecular complexity index is 752. The van der Waals surface area contributed by atoms with Crippen LogP contribution >= 0.6 is 11.9 Å². The number of nitrogens with zero attached hydrogens (tertiary/aromatic N) is 2. The standard InChI is InChI=1S/C17H24N4OS/c1-10-7-14(16(22)20-18)19-15-12(10)8-11(21(5)23-6)9-13(15)17(2,3)4/h7-9H,18H2,1-6H3,(H,20,22). The minimum atomic E-state index is -0.375. The van der Waals surface area contributed by atoms with Gasteiger partial charge in [0.2, 0.25) is 0 Å². The van der Waals surface area contributed by atoms with Gasteiger partial charge in [-0.3, -0.25) is 10.2 Å². The van der Waals surface area contributed by atoms with Crippen LogP contribution in [0.5, 0.6) is 0 Å². The molecule has 124 valence electrons. The second kappa shape index (κ2) is 6.37. The zero-order valence-electron chi connectivity index (χ0n) is 14.5. The van der Waals surface area contributed by atoms with E-state index >= 15 is 0 Å². The fourth-order valence-electron chi connectivity index (χ4n) is 2.53. The molecule has 0 unspecified atom stereocenters. The van der Waals surface area contributed by atoms with Gasteiger partial charge in [-0.2, -0.15) is 0 Å². The largest absolute Gasteiger partial charge is 0.319 e. The summed E-state index contributed by atoms with van der Waals surface area (Å²) in [5, 5.41) is 1.06. The monoisotopic (exact) mass is 332 g/mol. The number of benzene rings is 1. The molecular weight excluding hydrogens is 308 g/mol. The quantitative estimate of drug-likeness (QED) is 0.391. The molecule has 0 saturated heterocycles. The maximum absolute atomic E-state index is 11.9. The summed E-state index contributed by atoms with van der Waals surface area (Å²) in [6, 6.07) is 6.04. The Hall–Kier alpha value is -1.79. The molecule has 0 radical (unpaired) electrons. The maximum atomic E-state index is 11.9. The number of hydrogen-bond acceptors (Lipinski definition) is 5. The lowest BCUT2D eigenvalue weighted by atomic mass is 9.84. The fourth-order valence-corrected chi connectivity index (χ4v) is 2.84. The number of anilines is 1. The summed E-state index contributed by atoms with van der Waals surface area (Å²) < 4.78 is 2.12. The van der Waals surface area contributed by atoms with Crippen LogP contribution in [0.1, 0.15) is 42.4 Å². The van der Waals surface area contributed by atoms with E-state index in [0.717, 1.165) is 27.7 Å². The smallest absolute Gasteiger partial charge is 0.283 e. The number of amides is 1. The van der Waals surface area contributed by atoms with E-state index in [1.807, 2.05) is 20.2 Å². The number of carbonyl (C=O) groups excluding carboxylic acids is 1. The van der Waals surface area contributed by atoms with Crippen molar-refractivity contribution in [2.45, 2.75) is 33.1 Å². The van der Waals surface area contributed by atoms with Gasteiger partial charge in [0.05, 0.1) is 5.52 Å². The van der Waals surface area contributed by atoms with Gasteiger partial charge in [0.15, 0.2) is 0 Å². The summed E-state index contributed by atoms with van der Waals surface area (Å²) in [4.78, 5) is 16.5. The highest BCUT2D eigenvalue weighted by atomic mass is 32.2. The summed E-state index contributed by atoms with van der Waals surface area (Å²) in [5.74, 6) is 4.88. The lowest BCUT2D eigenvalue weighted by Crippen LogP contribution is -2.31. The van der Waals surface area contributed by atoms with Crippen molar-refractivity contribution in [3.8, 4) is 0 Å². The molecule has 0 aliphatic carbocycles. The Morgan fingerprint density at radius 3 is 2.48 bits per heavy atom. The minimum Gasteiger partial charge on any atom is -0.319 e. The number of aromatic nitrogens is 1. The molecule has 23 heavy (non-hydrogen) atoms. The van der Waals surface area contributed by atoms with Gasteiger partial charge in [-0.25, -0.2) is 10.8 Å². The molecule has 3 N–H and O–H groups in total. The van der Waals surface area contributed by atoms with Crippen molar-refractivity contribution in [2.75, 3.05) is 17.6 Å². The first-order valence-corrected chi connectivity index (χ1v) is 8.62. The van der Waals surface area contributed by atoms with Crippen LogP contribution < -0.4 is 15.6 Å². The normalized spacial score (nSPS) is 11.6. The van der Waals surface area contributed by atoms with Crippen LogP contribution in [0, 0.1) is 6.92 Å². The van der Waals surface area contributed by atoms with Crippen molar-refractivity contribution in [1.29, 1.82) is 0 Å². The van der Waals surface area contributed by atoms with Crippen LogP contribution in [0.3, 0.4) is 0 Å². The van der Waals surface area contributed by atoms with Gasteiger partial charge in [0, 0.05) is 24.4 Å². The van der Waals surface area contributed by atoms with E-state index < -0.39 is 0 Å². The molecule has 0 aliphatic rings. The average Bonchev–Trinajstić information content (AvgIpc) is 2.51. The molecular formula is C17H24N4OS. The zero-order valence-corrected chi connectivity index (χ0v) is 15.3. The van der Waals surface area contributed by atoms with Crippen molar-refractivity contribution >= 4 is 34.4 Å². The molecule has 1 amide bonds. The van der Waals surface area contributed by atoms with Crippen molar-refractivity contribution in [1.82, 2.24) is 10.4 Å². The van der Waals surface area contributed by atoms with Gasteiger partial charge < -0.3 is 4.31 Å². The number of aryl methyl sites for hydroxylation is 1. The number of nitrogens with one attached hydrogen (secondary N) is 1. The zero-order chi connectivity index (χ0) is 17.4.